The first-order chi connectivity index (χ1) is 12.4. The van der Waals surface area contributed by atoms with E-state index in [1.54, 1.807) is 7.05 Å². The molecule has 1 fully saturated rings. The van der Waals surface area contributed by atoms with Gasteiger partial charge in [0.05, 0.1) is 0 Å². The maximum absolute atomic E-state index is 11.5. The summed E-state index contributed by atoms with van der Waals surface area (Å²) >= 11 is 0. The lowest BCUT2D eigenvalue weighted by Crippen LogP contribution is -2.42. The summed E-state index contributed by atoms with van der Waals surface area (Å²) in [5.74, 6) is 0.770. The number of guanidine groups is 1. The zero-order chi connectivity index (χ0) is 19.3. The van der Waals surface area contributed by atoms with E-state index in [0.29, 0.717) is 13.1 Å². The van der Waals surface area contributed by atoms with E-state index in [1.165, 1.54) is 51.7 Å². The summed E-state index contributed by atoms with van der Waals surface area (Å²) in [6.45, 7) is 11.4. The van der Waals surface area contributed by atoms with Gasteiger partial charge in [-0.1, -0.05) is 12.8 Å². The third-order valence-electron chi connectivity index (χ3n) is 4.20. The summed E-state index contributed by atoms with van der Waals surface area (Å²) in [6.07, 6.45) is 7.40. The number of alkyl carbamates (subject to hydrolysis) is 1. The van der Waals surface area contributed by atoms with Crippen molar-refractivity contribution in [2.75, 3.05) is 46.3 Å². The Morgan fingerprint density at radius 3 is 2.27 bits per heavy atom. The quantitative estimate of drug-likeness (QED) is 0.330. The average molecular weight is 370 g/mol. The Morgan fingerprint density at radius 2 is 1.62 bits per heavy atom. The van der Waals surface area contributed by atoms with E-state index in [4.69, 9.17) is 4.74 Å². The molecule has 0 unspecified atom stereocenters. The second-order valence-electron chi connectivity index (χ2n) is 7.82. The molecule has 0 bridgehead atoms. The molecule has 0 aliphatic carbocycles. The smallest absolute Gasteiger partial charge is 0.407 e. The van der Waals surface area contributed by atoms with Crippen molar-refractivity contribution in [3.8, 4) is 0 Å². The van der Waals surface area contributed by atoms with Gasteiger partial charge in [-0.15, -0.1) is 0 Å². The fraction of sp³-hybridized carbons (Fsp3) is 0.895. The summed E-state index contributed by atoms with van der Waals surface area (Å²) in [5.41, 5.74) is -0.469. The summed E-state index contributed by atoms with van der Waals surface area (Å²) in [4.78, 5) is 18.3. The van der Waals surface area contributed by atoms with Gasteiger partial charge < -0.3 is 25.6 Å². The molecule has 1 amide bonds. The lowest BCUT2D eigenvalue weighted by Gasteiger charge is -2.26. The van der Waals surface area contributed by atoms with Crippen LogP contribution in [-0.2, 0) is 4.74 Å². The maximum atomic E-state index is 11.5. The lowest BCUT2D eigenvalue weighted by molar-refractivity contribution is 0.0529. The van der Waals surface area contributed by atoms with Gasteiger partial charge in [0.1, 0.15) is 5.60 Å². The number of hydrogen-bond acceptors (Lipinski definition) is 4. The highest BCUT2D eigenvalue weighted by Gasteiger charge is 2.15. The van der Waals surface area contributed by atoms with Crippen molar-refractivity contribution in [1.29, 1.82) is 0 Å². The second-order valence-corrected chi connectivity index (χ2v) is 7.82. The van der Waals surface area contributed by atoms with Gasteiger partial charge >= 0.3 is 6.09 Å². The van der Waals surface area contributed by atoms with E-state index in [-0.39, 0.29) is 0 Å². The molecule has 3 N–H and O–H groups in total. The molecule has 7 nitrogen and oxygen atoms in total. The Hall–Kier alpha value is -1.50. The molecule has 1 aliphatic heterocycles. The first-order valence-corrected chi connectivity index (χ1v) is 10.0. The minimum Gasteiger partial charge on any atom is -0.444 e. The molecule has 0 radical (unpaired) electrons. The number of aliphatic imine (C=N–C) groups is 1. The highest BCUT2D eigenvalue weighted by molar-refractivity contribution is 5.79. The molecule has 0 atom stereocenters. The Labute approximate surface area is 159 Å². The van der Waals surface area contributed by atoms with Crippen molar-refractivity contribution >= 4 is 12.1 Å². The van der Waals surface area contributed by atoms with Gasteiger partial charge in [0.2, 0.25) is 0 Å². The summed E-state index contributed by atoms with van der Waals surface area (Å²) < 4.78 is 5.19. The van der Waals surface area contributed by atoms with Crippen LogP contribution >= 0.6 is 0 Å². The molecule has 152 valence electrons. The number of amides is 1. The van der Waals surface area contributed by atoms with Gasteiger partial charge in [-0.05, 0) is 66.1 Å². The van der Waals surface area contributed by atoms with E-state index in [0.717, 1.165) is 18.9 Å². The predicted octanol–water partition coefficient (Wildman–Crippen LogP) is 2.33. The number of piperidine rings is 1. The molecule has 26 heavy (non-hydrogen) atoms. The van der Waals surface area contributed by atoms with Crippen LogP contribution < -0.4 is 16.0 Å². The Kier molecular flexibility index (Phi) is 11.1. The van der Waals surface area contributed by atoms with Crippen molar-refractivity contribution in [2.45, 2.75) is 64.9 Å². The summed E-state index contributed by atoms with van der Waals surface area (Å²) in [6, 6.07) is 0. The Morgan fingerprint density at radius 1 is 0.962 bits per heavy atom. The third kappa shape index (κ3) is 12.0. The first kappa shape index (κ1) is 22.5. The number of carbonyl (C=O) groups is 1. The molecule has 0 aromatic heterocycles. The van der Waals surface area contributed by atoms with Gasteiger partial charge in [0.25, 0.3) is 0 Å². The van der Waals surface area contributed by atoms with Gasteiger partial charge in [0, 0.05) is 26.7 Å². The third-order valence-corrected chi connectivity index (χ3v) is 4.20. The maximum Gasteiger partial charge on any atom is 0.407 e. The average Bonchev–Trinajstić information content (AvgIpc) is 2.59. The normalized spacial score (nSPS) is 16.2. The van der Waals surface area contributed by atoms with Crippen LogP contribution in [-0.4, -0.2) is 68.9 Å². The first-order valence-electron chi connectivity index (χ1n) is 10.0. The number of carbonyl (C=O) groups excluding carboxylic acids is 1. The predicted molar refractivity (Wildman–Crippen MR) is 108 cm³/mol. The molecule has 1 saturated heterocycles. The van der Waals surface area contributed by atoms with Crippen LogP contribution in [0.3, 0.4) is 0 Å². The van der Waals surface area contributed by atoms with Crippen LogP contribution in [0.5, 0.6) is 0 Å². The van der Waals surface area contributed by atoms with Gasteiger partial charge in [-0.3, -0.25) is 4.99 Å². The van der Waals surface area contributed by atoms with Crippen LogP contribution in [0, 0.1) is 0 Å². The van der Waals surface area contributed by atoms with Gasteiger partial charge in [-0.2, -0.15) is 0 Å². The van der Waals surface area contributed by atoms with Crippen molar-refractivity contribution < 1.29 is 9.53 Å². The van der Waals surface area contributed by atoms with Crippen LogP contribution in [0.25, 0.3) is 0 Å². The van der Waals surface area contributed by atoms with Crippen LogP contribution in [0.4, 0.5) is 4.79 Å². The number of rotatable bonds is 9. The number of likely N-dealkylation sites (tertiary alicyclic amines) is 1. The highest BCUT2D eigenvalue weighted by atomic mass is 16.6. The van der Waals surface area contributed by atoms with E-state index < -0.39 is 11.7 Å². The Balaban J connectivity index is 1.98. The van der Waals surface area contributed by atoms with E-state index in [9.17, 15) is 4.79 Å². The number of nitrogens with one attached hydrogen (secondary N) is 3. The largest absolute Gasteiger partial charge is 0.444 e. The fourth-order valence-electron chi connectivity index (χ4n) is 2.91. The molecule has 0 aromatic rings. The van der Waals surface area contributed by atoms with Crippen molar-refractivity contribution in [3.63, 3.8) is 0 Å². The fourth-order valence-corrected chi connectivity index (χ4v) is 2.91. The number of unbranched alkanes of at least 4 members (excludes halogenated alkanes) is 2. The van der Waals surface area contributed by atoms with Crippen LogP contribution in [0.2, 0.25) is 0 Å². The molecule has 1 rings (SSSR count). The Bertz CT molecular complexity index is 415. The molecular weight excluding hydrogens is 330 g/mol. The molecule has 0 spiro atoms. The lowest BCUT2D eigenvalue weighted by atomic mass is 10.1. The zero-order valence-electron chi connectivity index (χ0n) is 17.2. The monoisotopic (exact) mass is 369 g/mol. The van der Waals surface area contributed by atoms with Gasteiger partial charge in [0.15, 0.2) is 5.96 Å². The molecule has 1 heterocycles. The van der Waals surface area contributed by atoms with Crippen molar-refractivity contribution in [3.05, 3.63) is 0 Å². The minimum absolute atomic E-state index is 0.393. The molecule has 7 heteroatoms. The van der Waals surface area contributed by atoms with Crippen LogP contribution in [0.15, 0.2) is 4.99 Å². The molecule has 0 saturated carbocycles. The molecular formula is C19H39N5O2. The van der Waals surface area contributed by atoms with E-state index in [2.05, 4.69) is 25.8 Å². The van der Waals surface area contributed by atoms with Gasteiger partial charge in [-0.25, -0.2) is 4.79 Å². The number of ether oxygens (including phenoxy) is 1. The summed E-state index contributed by atoms with van der Waals surface area (Å²) in [7, 11) is 1.76. The topological polar surface area (TPSA) is 78.0 Å². The van der Waals surface area contributed by atoms with E-state index in [1.807, 2.05) is 20.8 Å². The molecule has 0 aromatic carbocycles. The SMILES string of the molecule is CN=C(NCCCCCN1CCCCC1)NCCNC(=O)OC(C)(C)C. The summed E-state index contributed by atoms with van der Waals surface area (Å²) in [5, 5.41) is 9.23. The highest BCUT2D eigenvalue weighted by Crippen LogP contribution is 2.09. The second kappa shape index (κ2) is 12.8. The number of nitrogens with zero attached hydrogens (tertiary/aromatic N) is 2. The van der Waals surface area contributed by atoms with E-state index >= 15 is 0 Å². The number of hydrogen-bond donors (Lipinski definition) is 3. The van der Waals surface area contributed by atoms with Crippen molar-refractivity contribution in [2.24, 2.45) is 4.99 Å². The minimum atomic E-state index is -0.469. The molecule has 1 aliphatic rings. The standard InChI is InChI=1S/C19H39N5O2/c1-19(2,3)26-18(25)23-13-12-22-17(20-4)21-11-7-5-8-14-24-15-9-6-10-16-24/h5-16H2,1-4H3,(H,23,25)(H2,20,21,22). The van der Waals surface area contributed by atoms with Crippen LogP contribution in [0.1, 0.15) is 59.3 Å². The zero-order valence-corrected chi connectivity index (χ0v) is 17.2. The van der Waals surface area contributed by atoms with Crippen molar-refractivity contribution in [1.82, 2.24) is 20.9 Å².